The molecule has 0 fully saturated rings. The van der Waals surface area contributed by atoms with E-state index in [0.29, 0.717) is 16.7 Å². The summed E-state index contributed by atoms with van der Waals surface area (Å²) in [4.78, 5) is 10.8. The maximum Gasteiger partial charge on any atom is 0.416 e. The molecule has 0 atom stereocenters. The molecular formula is C18H14F3NO2. The van der Waals surface area contributed by atoms with Crippen LogP contribution in [0.4, 0.5) is 13.2 Å². The molecule has 0 saturated heterocycles. The Kier molecular flexibility index (Phi) is 5.08. The zero-order valence-corrected chi connectivity index (χ0v) is 12.4. The molecule has 2 rings (SSSR count). The van der Waals surface area contributed by atoms with E-state index in [2.05, 4.69) is 0 Å². The van der Waals surface area contributed by atoms with Crippen LogP contribution < -0.4 is 5.73 Å². The van der Waals surface area contributed by atoms with E-state index < -0.39 is 17.6 Å². The molecule has 3 N–H and O–H groups in total. The third kappa shape index (κ3) is 4.49. The molecule has 0 radical (unpaired) electrons. The fourth-order valence-corrected chi connectivity index (χ4v) is 2.11. The fraction of sp³-hybridized carbons (Fsp3) is 0.0556. The maximum absolute atomic E-state index is 12.7. The Hall–Kier alpha value is -3.02. The standard InChI is InChI=1S/C18H14F3NO2/c19-18(20,21)14-9-7-12(8-10-14)16(5-2-6-17(22)24)13-3-1-4-15(23)11-13/h1-11,23H,(H2,22,24). The lowest BCUT2D eigenvalue weighted by molar-refractivity contribution is -0.137. The zero-order chi connectivity index (χ0) is 17.7. The number of hydrogen-bond donors (Lipinski definition) is 2. The van der Waals surface area contributed by atoms with Gasteiger partial charge in [0.05, 0.1) is 5.56 Å². The number of carbonyl (C=O) groups is 1. The van der Waals surface area contributed by atoms with Gasteiger partial charge in [0.25, 0.3) is 0 Å². The molecule has 0 bridgehead atoms. The van der Waals surface area contributed by atoms with Gasteiger partial charge in [-0.1, -0.05) is 36.4 Å². The zero-order valence-electron chi connectivity index (χ0n) is 12.4. The third-order valence-electron chi connectivity index (χ3n) is 3.20. The number of carbonyl (C=O) groups excluding carboxylic acids is 1. The highest BCUT2D eigenvalue weighted by atomic mass is 19.4. The number of nitrogens with two attached hydrogens (primary N) is 1. The highest BCUT2D eigenvalue weighted by Gasteiger charge is 2.30. The van der Waals surface area contributed by atoms with E-state index in [9.17, 15) is 23.1 Å². The molecule has 3 nitrogen and oxygen atoms in total. The van der Waals surface area contributed by atoms with Crippen LogP contribution in [0.1, 0.15) is 16.7 Å². The molecule has 0 aliphatic heterocycles. The number of alkyl halides is 3. The summed E-state index contributed by atoms with van der Waals surface area (Å²) in [6.07, 6.45) is -0.340. The summed E-state index contributed by atoms with van der Waals surface area (Å²) in [5.41, 5.74) is 5.90. The number of aromatic hydroxyl groups is 1. The number of benzene rings is 2. The van der Waals surface area contributed by atoms with E-state index in [4.69, 9.17) is 5.73 Å². The molecule has 0 aliphatic carbocycles. The number of primary amides is 1. The second-order valence-corrected chi connectivity index (χ2v) is 4.97. The number of amides is 1. The number of phenolic OH excluding ortho intramolecular Hbond substituents is 1. The van der Waals surface area contributed by atoms with Gasteiger partial charge in [0, 0.05) is 6.08 Å². The van der Waals surface area contributed by atoms with Crippen molar-refractivity contribution < 1.29 is 23.1 Å². The first-order valence-corrected chi connectivity index (χ1v) is 6.92. The summed E-state index contributed by atoms with van der Waals surface area (Å²) >= 11 is 0. The predicted molar refractivity (Wildman–Crippen MR) is 85.0 cm³/mol. The molecule has 0 spiro atoms. The van der Waals surface area contributed by atoms with Gasteiger partial charge >= 0.3 is 6.18 Å². The Labute approximate surface area is 136 Å². The average Bonchev–Trinajstić information content (AvgIpc) is 2.50. The Morgan fingerprint density at radius 1 is 1.04 bits per heavy atom. The van der Waals surface area contributed by atoms with Gasteiger partial charge in [0.2, 0.25) is 5.91 Å². The highest BCUT2D eigenvalue weighted by Crippen LogP contribution is 2.32. The van der Waals surface area contributed by atoms with E-state index in [-0.39, 0.29) is 5.75 Å². The van der Waals surface area contributed by atoms with Crippen molar-refractivity contribution in [2.24, 2.45) is 5.73 Å². The maximum atomic E-state index is 12.7. The Morgan fingerprint density at radius 3 is 2.25 bits per heavy atom. The van der Waals surface area contributed by atoms with Gasteiger partial charge in [-0.05, 0) is 41.0 Å². The molecule has 0 unspecified atom stereocenters. The third-order valence-corrected chi connectivity index (χ3v) is 3.20. The summed E-state index contributed by atoms with van der Waals surface area (Å²) < 4.78 is 38.0. The minimum atomic E-state index is -4.42. The number of halogens is 3. The van der Waals surface area contributed by atoms with Crippen molar-refractivity contribution in [2.45, 2.75) is 6.18 Å². The van der Waals surface area contributed by atoms with Crippen molar-refractivity contribution in [3.05, 3.63) is 83.4 Å². The molecule has 6 heteroatoms. The monoisotopic (exact) mass is 333 g/mol. The summed E-state index contributed by atoms with van der Waals surface area (Å²) in [5.74, 6) is -0.627. The Balaban J connectivity index is 2.48. The normalized spacial score (nSPS) is 12.5. The van der Waals surface area contributed by atoms with Crippen molar-refractivity contribution in [1.82, 2.24) is 0 Å². The van der Waals surface area contributed by atoms with Crippen molar-refractivity contribution in [3.8, 4) is 5.75 Å². The molecule has 2 aromatic rings. The average molecular weight is 333 g/mol. The largest absolute Gasteiger partial charge is 0.508 e. The first-order chi connectivity index (χ1) is 11.3. The molecule has 0 aliphatic rings. The van der Waals surface area contributed by atoms with Crippen LogP contribution in [0.2, 0.25) is 0 Å². The second kappa shape index (κ2) is 7.04. The van der Waals surface area contributed by atoms with Gasteiger partial charge < -0.3 is 10.8 Å². The number of allylic oxidation sites excluding steroid dienone is 2. The second-order valence-electron chi connectivity index (χ2n) is 4.97. The van der Waals surface area contributed by atoms with Gasteiger partial charge in [-0.2, -0.15) is 13.2 Å². The molecule has 0 aromatic heterocycles. The lowest BCUT2D eigenvalue weighted by Crippen LogP contribution is -2.05. The topological polar surface area (TPSA) is 63.3 Å². The number of rotatable bonds is 4. The van der Waals surface area contributed by atoms with E-state index in [0.717, 1.165) is 18.2 Å². The molecule has 1 amide bonds. The molecule has 24 heavy (non-hydrogen) atoms. The first kappa shape index (κ1) is 17.3. The van der Waals surface area contributed by atoms with Crippen molar-refractivity contribution in [2.75, 3.05) is 0 Å². The van der Waals surface area contributed by atoms with Crippen LogP contribution in [0.25, 0.3) is 5.57 Å². The fourth-order valence-electron chi connectivity index (χ4n) is 2.11. The van der Waals surface area contributed by atoms with Gasteiger partial charge in [-0.15, -0.1) is 0 Å². The highest BCUT2D eigenvalue weighted by molar-refractivity contribution is 5.87. The summed E-state index contributed by atoms with van der Waals surface area (Å²) in [7, 11) is 0. The van der Waals surface area contributed by atoms with E-state index in [1.165, 1.54) is 30.3 Å². The van der Waals surface area contributed by atoms with Crippen molar-refractivity contribution >= 4 is 11.5 Å². The molecule has 2 aromatic carbocycles. The first-order valence-electron chi connectivity index (χ1n) is 6.92. The Bertz CT molecular complexity index is 791. The van der Waals surface area contributed by atoms with Crippen LogP contribution in [0.5, 0.6) is 5.75 Å². The van der Waals surface area contributed by atoms with Crippen LogP contribution in [0, 0.1) is 0 Å². The minimum Gasteiger partial charge on any atom is -0.508 e. The lowest BCUT2D eigenvalue weighted by atomic mass is 9.96. The SMILES string of the molecule is NC(=O)C=CC=C(c1ccc(C(F)(F)F)cc1)c1cccc(O)c1. The summed E-state index contributed by atoms with van der Waals surface area (Å²) in [6, 6.07) is 10.9. The van der Waals surface area contributed by atoms with Gasteiger partial charge in [0.1, 0.15) is 5.75 Å². The van der Waals surface area contributed by atoms with Gasteiger partial charge in [-0.25, -0.2) is 0 Å². The predicted octanol–water partition coefficient (Wildman–Crippen LogP) is 3.88. The molecule has 124 valence electrons. The van der Waals surface area contributed by atoms with Crippen molar-refractivity contribution in [3.63, 3.8) is 0 Å². The molecular weight excluding hydrogens is 319 g/mol. The van der Waals surface area contributed by atoms with E-state index in [1.54, 1.807) is 18.2 Å². The van der Waals surface area contributed by atoms with Crippen LogP contribution in [-0.4, -0.2) is 11.0 Å². The summed E-state index contributed by atoms with van der Waals surface area (Å²) in [5, 5.41) is 9.61. The number of hydrogen-bond acceptors (Lipinski definition) is 2. The summed E-state index contributed by atoms with van der Waals surface area (Å²) in [6.45, 7) is 0. The molecule has 0 heterocycles. The van der Waals surface area contributed by atoms with Crippen LogP contribution in [0.3, 0.4) is 0 Å². The lowest BCUT2D eigenvalue weighted by Gasteiger charge is -2.11. The van der Waals surface area contributed by atoms with Crippen LogP contribution in [0.15, 0.2) is 66.8 Å². The smallest absolute Gasteiger partial charge is 0.416 e. The molecule has 0 saturated carbocycles. The van der Waals surface area contributed by atoms with Gasteiger partial charge in [-0.3, -0.25) is 4.79 Å². The quantitative estimate of drug-likeness (QED) is 0.659. The van der Waals surface area contributed by atoms with Gasteiger partial charge in [0.15, 0.2) is 0 Å². The Morgan fingerprint density at radius 2 is 1.71 bits per heavy atom. The number of phenols is 1. The van der Waals surface area contributed by atoms with E-state index >= 15 is 0 Å². The minimum absolute atomic E-state index is 0.0178. The van der Waals surface area contributed by atoms with E-state index in [1.807, 2.05) is 0 Å². The van der Waals surface area contributed by atoms with Crippen LogP contribution in [-0.2, 0) is 11.0 Å². The van der Waals surface area contributed by atoms with Crippen LogP contribution >= 0.6 is 0 Å². The van der Waals surface area contributed by atoms with Crippen molar-refractivity contribution in [1.29, 1.82) is 0 Å².